The molecule has 1 aromatic carbocycles. The number of carbonyl (C=O) groups is 2. The van der Waals surface area contributed by atoms with E-state index in [9.17, 15) is 9.59 Å². The molecule has 224 valence electrons. The third-order valence-electron chi connectivity index (χ3n) is 5.81. The zero-order valence-corrected chi connectivity index (χ0v) is 27.0. The summed E-state index contributed by atoms with van der Waals surface area (Å²) in [5, 5.41) is 9.12. The number of aromatic nitrogens is 3. The molecule has 0 aliphatic rings. The molecular formula is C30H46N6O4Si. The van der Waals surface area contributed by atoms with Gasteiger partial charge in [0.25, 0.3) is 5.91 Å². The van der Waals surface area contributed by atoms with Crippen molar-refractivity contribution >= 4 is 42.7 Å². The number of ether oxygens (including phenoxy) is 2. The fourth-order valence-corrected chi connectivity index (χ4v) is 4.66. The van der Waals surface area contributed by atoms with Crippen LogP contribution in [0.25, 0.3) is 11.2 Å². The van der Waals surface area contributed by atoms with Gasteiger partial charge in [0, 0.05) is 38.6 Å². The van der Waals surface area contributed by atoms with Gasteiger partial charge in [-0.15, -0.1) is 0 Å². The first-order valence-electron chi connectivity index (χ1n) is 14.1. The summed E-state index contributed by atoms with van der Waals surface area (Å²) < 4.78 is 13.1. The minimum atomic E-state index is -1.22. The largest absolute Gasteiger partial charge is 0.444 e. The van der Waals surface area contributed by atoms with E-state index in [2.05, 4.69) is 40.6 Å². The Hall–Kier alpha value is -3.44. The predicted octanol–water partition coefficient (Wildman–Crippen LogP) is 6.08. The van der Waals surface area contributed by atoms with Gasteiger partial charge in [-0.1, -0.05) is 31.8 Å². The van der Waals surface area contributed by atoms with Crippen molar-refractivity contribution in [2.45, 2.75) is 91.5 Å². The standard InChI is InChI=1S/C30H46N6O4Si/c1-29(2,3)35-27(37)23-19-36(20-39-15-16-41(7,8)9)26-25(23)34-24(18-32-26)33-22-12-10-11-21(17-22)13-14-31-28(38)40-30(4,5)6/h10-12,17-19H,13-16,20H2,1-9H3,(H,31,38)(H,33,34)(H,35,37). The van der Waals surface area contributed by atoms with Crippen molar-refractivity contribution < 1.29 is 19.1 Å². The SMILES string of the molecule is CC(C)(C)NC(=O)c1cn(COCC[Si](C)(C)C)c2ncc(Nc3cccc(CCNC(=O)OC(C)(C)C)c3)nc12. The predicted molar refractivity (Wildman–Crippen MR) is 167 cm³/mol. The molecule has 3 N–H and O–H groups in total. The summed E-state index contributed by atoms with van der Waals surface area (Å²) >= 11 is 0. The number of fused-ring (bicyclic) bond motifs is 1. The molecule has 0 unspecified atom stereocenters. The molecule has 10 nitrogen and oxygen atoms in total. The number of benzene rings is 1. The van der Waals surface area contributed by atoms with E-state index in [0.717, 1.165) is 17.3 Å². The van der Waals surface area contributed by atoms with Gasteiger partial charge in [-0.3, -0.25) is 4.79 Å². The Morgan fingerprint density at radius 2 is 1.80 bits per heavy atom. The highest BCUT2D eigenvalue weighted by atomic mass is 28.3. The Morgan fingerprint density at radius 3 is 2.46 bits per heavy atom. The first-order valence-corrected chi connectivity index (χ1v) is 17.8. The van der Waals surface area contributed by atoms with Crippen LogP contribution in [0.2, 0.25) is 25.7 Å². The number of nitrogens with zero attached hydrogens (tertiary/aromatic N) is 3. The van der Waals surface area contributed by atoms with E-state index in [1.54, 1.807) is 12.4 Å². The molecule has 0 bridgehead atoms. The van der Waals surface area contributed by atoms with Gasteiger partial charge in [-0.05, 0) is 71.7 Å². The molecule has 0 fully saturated rings. The van der Waals surface area contributed by atoms with Crippen LogP contribution in [-0.4, -0.2) is 58.9 Å². The minimum absolute atomic E-state index is 0.214. The van der Waals surface area contributed by atoms with E-state index in [1.807, 2.05) is 70.4 Å². The maximum atomic E-state index is 13.2. The topological polar surface area (TPSA) is 119 Å². The highest BCUT2D eigenvalue weighted by Crippen LogP contribution is 2.23. The van der Waals surface area contributed by atoms with Gasteiger partial charge in [0.05, 0.1) is 11.8 Å². The van der Waals surface area contributed by atoms with Crippen LogP contribution in [0.15, 0.2) is 36.7 Å². The van der Waals surface area contributed by atoms with Crippen LogP contribution < -0.4 is 16.0 Å². The van der Waals surface area contributed by atoms with Crippen LogP contribution in [0.3, 0.4) is 0 Å². The van der Waals surface area contributed by atoms with Crippen molar-refractivity contribution in [2.24, 2.45) is 0 Å². The maximum absolute atomic E-state index is 13.2. The first kappa shape index (κ1) is 32.1. The lowest BCUT2D eigenvalue weighted by atomic mass is 10.1. The van der Waals surface area contributed by atoms with Crippen LogP contribution in [-0.2, 0) is 22.6 Å². The molecule has 0 aliphatic carbocycles. The molecule has 3 rings (SSSR count). The van der Waals surface area contributed by atoms with Crippen LogP contribution in [0.5, 0.6) is 0 Å². The molecular weight excluding hydrogens is 536 g/mol. The van der Waals surface area contributed by atoms with Crippen LogP contribution >= 0.6 is 0 Å². The summed E-state index contributed by atoms with van der Waals surface area (Å²) in [5.41, 5.74) is 2.46. The smallest absolute Gasteiger partial charge is 0.407 e. The summed E-state index contributed by atoms with van der Waals surface area (Å²) in [5.74, 6) is 0.304. The average molecular weight is 583 g/mol. The Bertz CT molecular complexity index is 1350. The van der Waals surface area contributed by atoms with Gasteiger partial charge in [0.1, 0.15) is 23.7 Å². The molecule has 2 aromatic heterocycles. The number of hydrogen-bond donors (Lipinski definition) is 3. The second-order valence-corrected chi connectivity index (χ2v) is 19.1. The highest BCUT2D eigenvalue weighted by molar-refractivity contribution is 6.76. The van der Waals surface area contributed by atoms with E-state index in [4.69, 9.17) is 14.5 Å². The first-order chi connectivity index (χ1) is 19.0. The van der Waals surface area contributed by atoms with Gasteiger partial charge in [0.15, 0.2) is 5.65 Å². The van der Waals surface area contributed by atoms with Gasteiger partial charge < -0.3 is 30.0 Å². The molecule has 0 saturated carbocycles. The number of nitrogens with one attached hydrogen (secondary N) is 3. The molecule has 0 radical (unpaired) electrons. The molecule has 11 heteroatoms. The van der Waals surface area contributed by atoms with Gasteiger partial charge in [0.2, 0.25) is 0 Å². The summed E-state index contributed by atoms with van der Waals surface area (Å²) in [6.07, 6.45) is 3.62. The molecule has 2 heterocycles. The summed E-state index contributed by atoms with van der Waals surface area (Å²) in [4.78, 5) is 34.6. The Labute approximate surface area is 244 Å². The van der Waals surface area contributed by atoms with Crippen LogP contribution in [0, 0.1) is 0 Å². The minimum Gasteiger partial charge on any atom is -0.444 e. The summed E-state index contributed by atoms with van der Waals surface area (Å²) in [7, 11) is -1.22. The van der Waals surface area contributed by atoms with Gasteiger partial charge >= 0.3 is 6.09 Å². The van der Waals surface area contributed by atoms with Crippen molar-refractivity contribution in [1.82, 2.24) is 25.2 Å². The Morgan fingerprint density at radius 1 is 1.07 bits per heavy atom. The summed E-state index contributed by atoms with van der Waals surface area (Å²) in [6, 6.07) is 8.91. The average Bonchev–Trinajstić information content (AvgIpc) is 3.17. The third kappa shape index (κ3) is 10.8. The molecule has 0 atom stereocenters. The lowest BCUT2D eigenvalue weighted by Crippen LogP contribution is -2.40. The quantitative estimate of drug-likeness (QED) is 0.185. The highest BCUT2D eigenvalue weighted by Gasteiger charge is 2.22. The van der Waals surface area contributed by atoms with E-state index >= 15 is 0 Å². The molecule has 0 spiro atoms. The summed E-state index contributed by atoms with van der Waals surface area (Å²) in [6.45, 7) is 19.7. The van der Waals surface area contributed by atoms with Crippen molar-refractivity contribution in [3.8, 4) is 0 Å². The third-order valence-corrected chi connectivity index (χ3v) is 7.51. The monoisotopic (exact) mass is 582 g/mol. The van der Waals surface area contributed by atoms with Gasteiger partial charge in [-0.2, -0.15) is 0 Å². The lowest BCUT2D eigenvalue weighted by Gasteiger charge is -2.20. The zero-order chi connectivity index (χ0) is 30.4. The fraction of sp³-hybridized carbons (Fsp3) is 0.533. The number of rotatable bonds is 11. The molecule has 0 saturated heterocycles. The molecule has 2 amide bonds. The number of amides is 2. The zero-order valence-electron chi connectivity index (χ0n) is 26.0. The Balaban J connectivity index is 1.77. The second-order valence-electron chi connectivity index (χ2n) is 13.5. The normalized spacial score (nSPS) is 12.3. The van der Waals surface area contributed by atoms with Crippen LogP contribution in [0.4, 0.5) is 16.3 Å². The second kappa shape index (κ2) is 13.0. The van der Waals surface area contributed by atoms with Crippen molar-refractivity contribution in [2.75, 3.05) is 18.5 Å². The van der Waals surface area contributed by atoms with E-state index < -0.39 is 25.3 Å². The van der Waals surface area contributed by atoms with Crippen molar-refractivity contribution in [3.63, 3.8) is 0 Å². The Kier molecular flexibility index (Phi) is 10.2. The molecule has 0 aliphatic heterocycles. The number of alkyl carbamates (subject to hydrolysis) is 1. The molecule has 3 aromatic rings. The van der Waals surface area contributed by atoms with E-state index in [0.29, 0.717) is 48.8 Å². The number of anilines is 2. The van der Waals surface area contributed by atoms with E-state index in [1.165, 1.54) is 0 Å². The van der Waals surface area contributed by atoms with Crippen LogP contribution in [0.1, 0.15) is 57.5 Å². The van der Waals surface area contributed by atoms with Gasteiger partial charge in [-0.25, -0.2) is 14.8 Å². The van der Waals surface area contributed by atoms with E-state index in [-0.39, 0.29) is 5.91 Å². The molecule has 41 heavy (non-hydrogen) atoms. The van der Waals surface area contributed by atoms with Crippen molar-refractivity contribution in [3.05, 3.63) is 47.8 Å². The van der Waals surface area contributed by atoms with Crippen molar-refractivity contribution in [1.29, 1.82) is 0 Å². The lowest BCUT2D eigenvalue weighted by molar-refractivity contribution is 0.0528. The maximum Gasteiger partial charge on any atom is 0.407 e. The number of carbonyl (C=O) groups excluding carboxylic acids is 2. The number of hydrogen-bond acceptors (Lipinski definition) is 7. The fourth-order valence-electron chi connectivity index (χ4n) is 3.90.